The van der Waals surface area contributed by atoms with Gasteiger partial charge >= 0.3 is 0 Å². The molecule has 1 unspecified atom stereocenters. The van der Waals surface area contributed by atoms with Crippen molar-refractivity contribution in [3.63, 3.8) is 0 Å². The van der Waals surface area contributed by atoms with Crippen LogP contribution in [-0.4, -0.2) is 35.8 Å². The molecular weight excluding hydrogens is 252 g/mol. The van der Waals surface area contributed by atoms with Crippen LogP contribution in [0.3, 0.4) is 0 Å². The molecule has 1 saturated heterocycles. The highest BCUT2D eigenvalue weighted by Crippen LogP contribution is 2.16. The van der Waals surface area contributed by atoms with E-state index in [-0.39, 0.29) is 30.3 Å². The summed E-state index contributed by atoms with van der Waals surface area (Å²) in [6.45, 7) is 6.72. The molecule has 1 atom stereocenters. The van der Waals surface area contributed by atoms with Crippen molar-refractivity contribution in [2.75, 3.05) is 13.1 Å². The Balaban J connectivity index is 2.08. The van der Waals surface area contributed by atoms with Crippen LogP contribution >= 0.6 is 0 Å². The second-order valence-corrected chi connectivity index (χ2v) is 5.73. The van der Waals surface area contributed by atoms with Crippen LogP contribution in [0.25, 0.3) is 0 Å². The van der Waals surface area contributed by atoms with E-state index in [9.17, 15) is 9.59 Å². The van der Waals surface area contributed by atoms with Crippen molar-refractivity contribution < 1.29 is 9.59 Å². The summed E-state index contributed by atoms with van der Waals surface area (Å²) in [5.74, 6) is 0.0940. The van der Waals surface area contributed by atoms with Gasteiger partial charge in [0.25, 0.3) is 0 Å². The van der Waals surface area contributed by atoms with Crippen LogP contribution < -0.4 is 5.32 Å². The Labute approximate surface area is 120 Å². The minimum atomic E-state index is -0.346. The lowest BCUT2D eigenvalue weighted by molar-refractivity contribution is -0.147. The summed E-state index contributed by atoms with van der Waals surface area (Å²) >= 11 is 0. The highest BCUT2D eigenvalue weighted by Gasteiger charge is 2.35. The molecule has 1 aliphatic heterocycles. The van der Waals surface area contributed by atoms with Crippen molar-refractivity contribution in [1.82, 2.24) is 10.2 Å². The lowest BCUT2D eigenvalue weighted by Gasteiger charge is -2.37. The number of nitrogens with zero attached hydrogens (tertiary/aromatic N) is 1. The molecule has 2 rings (SSSR count). The van der Waals surface area contributed by atoms with Crippen molar-refractivity contribution in [1.29, 1.82) is 0 Å². The maximum absolute atomic E-state index is 12.1. The van der Waals surface area contributed by atoms with E-state index in [4.69, 9.17) is 0 Å². The standard InChI is InChI=1S/C16H22N2O2/c1-11(2)15-16(20)17-10-14(19)18(15)8-7-13-6-4-5-12(3)9-13/h4-6,9,11,15H,7-8,10H2,1-3H3,(H,17,20). The summed E-state index contributed by atoms with van der Waals surface area (Å²) in [4.78, 5) is 25.7. The average molecular weight is 274 g/mol. The van der Waals surface area contributed by atoms with E-state index in [0.717, 1.165) is 6.42 Å². The third-order valence-electron chi connectivity index (χ3n) is 3.69. The van der Waals surface area contributed by atoms with Crippen molar-refractivity contribution in [3.8, 4) is 0 Å². The highest BCUT2D eigenvalue weighted by molar-refractivity contribution is 5.94. The van der Waals surface area contributed by atoms with Gasteiger partial charge < -0.3 is 10.2 Å². The van der Waals surface area contributed by atoms with E-state index in [1.165, 1.54) is 11.1 Å². The molecule has 0 spiro atoms. The number of hydrogen-bond donors (Lipinski definition) is 1. The first-order chi connectivity index (χ1) is 9.49. The number of hydrogen-bond acceptors (Lipinski definition) is 2. The van der Waals surface area contributed by atoms with Crippen LogP contribution in [0.5, 0.6) is 0 Å². The Morgan fingerprint density at radius 1 is 1.35 bits per heavy atom. The van der Waals surface area contributed by atoms with Gasteiger partial charge in [0.05, 0.1) is 6.54 Å². The summed E-state index contributed by atoms with van der Waals surface area (Å²) in [5, 5.41) is 2.67. The van der Waals surface area contributed by atoms with Crippen LogP contribution in [0.1, 0.15) is 25.0 Å². The van der Waals surface area contributed by atoms with Crippen LogP contribution in [0.15, 0.2) is 24.3 Å². The van der Waals surface area contributed by atoms with Gasteiger partial charge in [-0.05, 0) is 24.8 Å². The average Bonchev–Trinajstić information content (AvgIpc) is 2.39. The Kier molecular flexibility index (Phi) is 4.42. The van der Waals surface area contributed by atoms with Gasteiger partial charge in [-0.2, -0.15) is 0 Å². The predicted octanol–water partition coefficient (Wildman–Crippen LogP) is 1.52. The fraction of sp³-hybridized carbons (Fsp3) is 0.500. The topological polar surface area (TPSA) is 49.4 Å². The molecule has 4 heteroatoms. The molecule has 1 aromatic carbocycles. The SMILES string of the molecule is Cc1cccc(CCN2C(=O)CNC(=O)C2C(C)C)c1. The van der Waals surface area contributed by atoms with Gasteiger partial charge in [-0.25, -0.2) is 0 Å². The van der Waals surface area contributed by atoms with Crippen molar-refractivity contribution in [2.24, 2.45) is 5.92 Å². The highest BCUT2D eigenvalue weighted by atomic mass is 16.2. The van der Waals surface area contributed by atoms with Crippen molar-refractivity contribution >= 4 is 11.8 Å². The molecule has 1 heterocycles. The number of aryl methyl sites for hydroxylation is 1. The second-order valence-electron chi connectivity index (χ2n) is 5.73. The maximum atomic E-state index is 12.1. The number of benzene rings is 1. The Morgan fingerprint density at radius 2 is 2.10 bits per heavy atom. The van der Waals surface area contributed by atoms with E-state index >= 15 is 0 Å². The van der Waals surface area contributed by atoms with E-state index in [1.807, 2.05) is 19.9 Å². The van der Waals surface area contributed by atoms with Gasteiger partial charge in [-0.1, -0.05) is 43.7 Å². The summed E-state index contributed by atoms with van der Waals surface area (Å²) in [6.07, 6.45) is 0.782. The van der Waals surface area contributed by atoms with Gasteiger partial charge in [0, 0.05) is 6.54 Å². The van der Waals surface area contributed by atoms with Crippen molar-refractivity contribution in [3.05, 3.63) is 35.4 Å². The molecule has 0 bridgehead atoms. The summed E-state index contributed by atoms with van der Waals surface area (Å²) < 4.78 is 0. The Bertz CT molecular complexity index is 511. The molecular formula is C16H22N2O2. The zero-order chi connectivity index (χ0) is 14.7. The number of amides is 2. The van der Waals surface area contributed by atoms with Gasteiger partial charge in [0.15, 0.2) is 0 Å². The van der Waals surface area contributed by atoms with E-state index in [1.54, 1.807) is 4.90 Å². The molecule has 1 fully saturated rings. The minimum Gasteiger partial charge on any atom is -0.345 e. The Morgan fingerprint density at radius 3 is 2.75 bits per heavy atom. The monoisotopic (exact) mass is 274 g/mol. The number of carbonyl (C=O) groups excluding carboxylic acids is 2. The van der Waals surface area contributed by atoms with Gasteiger partial charge in [-0.15, -0.1) is 0 Å². The number of rotatable bonds is 4. The summed E-state index contributed by atoms with van der Waals surface area (Å²) in [6, 6.07) is 7.92. The van der Waals surface area contributed by atoms with Crippen LogP contribution in [0.2, 0.25) is 0 Å². The molecule has 0 aliphatic carbocycles. The largest absolute Gasteiger partial charge is 0.345 e. The molecule has 1 aromatic rings. The van der Waals surface area contributed by atoms with Gasteiger partial charge in [-0.3, -0.25) is 9.59 Å². The fourth-order valence-corrected chi connectivity index (χ4v) is 2.71. The van der Waals surface area contributed by atoms with Gasteiger partial charge in [0.1, 0.15) is 6.04 Å². The fourth-order valence-electron chi connectivity index (χ4n) is 2.71. The van der Waals surface area contributed by atoms with E-state index in [2.05, 4.69) is 30.4 Å². The first-order valence-corrected chi connectivity index (χ1v) is 7.12. The first-order valence-electron chi connectivity index (χ1n) is 7.12. The molecule has 0 radical (unpaired) electrons. The zero-order valence-corrected chi connectivity index (χ0v) is 12.3. The number of carbonyl (C=O) groups is 2. The third-order valence-corrected chi connectivity index (χ3v) is 3.69. The molecule has 0 saturated carbocycles. The minimum absolute atomic E-state index is 0.0101. The molecule has 20 heavy (non-hydrogen) atoms. The van der Waals surface area contributed by atoms with Crippen LogP contribution in [-0.2, 0) is 16.0 Å². The molecule has 4 nitrogen and oxygen atoms in total. The van der Waals surface area contributed by atoms with Crippen molar-refractivity contribution in [2.45, 2.75) is 33.2 Å². The van der Waals surface area contributed by atoms with Crippen LogP contribution in [0, 0.1) is 12.8 Å². The first kappa shape index (κ1) is 14.6. The van der Waals surface area contributed by atoms with E-state index in [0.29, 0.717) is 6.54 Å². The molecule has 1 aliphatic rings. The second kappa shape index (κ2) is 6.07. The lowest BCUT2D eigenvalue weighted by Crippen LogP contribution is -2.60. The van der Waals surface area contributed by atoms with Gasteiger partial charge in [0.2, 0.25) is 11.8 Å². The van der Waals surface area contributed by atoms with Crippen LogP contribution in [0.4, 0.5) is 0 Å². The van der Waals surface area contributed by atoms with E-state index < -0.39 is 0 Å². The molecule has 2 amide bonds. The normalized spacial score (nSPS) is 19.4. The molecule has 0 aromatic heterocycles. The third kappa shape index (κ3) is 3.18. The molecule has 1 N–H and O–H groups in total. The quantitative estimate of drug-likeness (QED) is 0.905. The smallest absolute Gasteiger partial charge is 0.243 e. The predicted molar refractivity (Wildman–Crippen MR) is 78.2 cm³/mol. The zero-order valence-electron chi connectivity index (χ0n) is 12.3. The molecule has 108 valence electrons. The Hall–Kier alpha value is -1.84. The summed E-state index contributed by atoms with van der Waals surface area (Å²) in [7, 11) is 0. The number of nitrogens with one attached hydrogen (secondary N) is 1. The maximum Gasteiger partial charge on any atom is 0.243 e. The lowest BCUT2D eigenvalue weighted by atomic mass is 9.98. The number of piperazine rings is 1. The summed E-state index contributed by atoms with van der Waals surface area (Å²) in [5.41, 5.74) is 2.41.